The van der Waals surface area contributed by atoms with Crippen LogP contribution in [0.4, 0.5) is 0 Å². The molecule has 21 heavy (non-hydrogen) atoms. The van der Waals surface area contributed by atoms with Crippen LogP contribution >= 0.6 is 0 Å². The second-order valence-electron chi connectivity index (χ2n) is 5.57. The van der Waals surface area contributed by atoms with Gasteiger partial charge in [0.25, 0.3) is 0 Å². The Morgan fingerprint density at radius 1 is 1.52 bits per heavy atom. The van der Waals surface area contributed by atoms with Crippen LogP contribution < -0.4 is 5.32 Å². The molecule has 3 aliphatic rings. The second kappa shape index (κ2) is 5.54. The number of fused-ring (bicyclic) bond motifs is 1. The first-order valence-electron chi connectivity index (χ1n) is 6.98. The molecule has 0 saturated carbocycles. The van der Waals surface area contributed by atoms with Crippen LogP contribution in [0.15, 0.2) is 11.8 Å². The molecule has 0 amide bonds. The number of hydrogen-bond acceptors (Lipinski definition) is 8. The normalized spacial score (nSPS) is 42.1. The number of rotatable bonds is 3. The average Bonchev–Trinajstić information content (AvgIpc) is 3.09. The van der Waals surface area contributed by atoms with Crippen molar-refractivity contribution >= 4 is 5.97 Å². The fourth-order valence-corrected chi connectivity index (χ4v) is 2.69. The Labute approximate surface area is 122 Å². The number of carbonyl (C=O) groups excluding carboxylic acids is 1. The standard InChI is InChI=1S/C13H20N2O6/c1-6-4-15(13(18)14-12-11(6)21-12)10-3-8(17)9(20-10)5-19-7(2)16/h4,8-14,17-18H,3,5H2,1-2H3. The van der Waals surface area contributed by atoms with Gasteiger partial charge in [-0.15, -0.1) is 0 Å². The number of nitrogens with zero attached hydrogens (tertiary/aromatic N) is 1. The molecule has 3 aliphatic heterocycles. The van der Waals surface area contributed by atoms with E-state index in [1.54, 1.807) is 11.1 Å². The van der Waals surface area contributed by atoms with E-state index in [0.717, 1.165) is 5.57 Å². The van der Waals surface area contributed by atoms with Crippen LogP contribution in [0.5, 0.6) is 0 Å². The van der Waals surface area contributed by atoms with E-state index in [2.05, 4.69) is 5.32 Å². The van der Waals surface area contributed by atoms with Crippen LogP contribution in [0, 0.1) is 0 Å². The van der Waals surface area contributed by atoms with Crippen LogP contribution in [0.25, 0.3) is 0 Å². The summed E-state index contributed by atoms with van der Waals surface area (Å²) in [5, 5.41) is 23.1. The molecule has 0 radical (unpaired) electrons. The number of esters is 1. The first-order chi connectivity index (χ1) is 9.95. The number of nitrogens with one attached hydrogen (secondary N) is 1. The molecule has 0 spiro atoms. The Morgan fingerprint density at radius 2 is 2.29 bits per heavy atom. The van der Waals surface area contributed by atoms with Gasteiger partial charge in [0.15, 0.2) is 6.35 Å². The molecule has 6 unspecified atom stereocenters. The van der Waals surface area contributed by atoms with Crippen molar-refractivity contribution < 1.29 is 29.2 Å². The first kappa shape index (κ1) is 14.7. The highest BCUT2D eigenvalue weighted by Gasteiger charge is 2.47. The van der Waals surface area contributed by atoms with Crippen LogP contribution in [-0.2, 0) is 19.0 Å². The van der Waals surface area contributed by atoms with Crippen molar-refractivity contribution in [3.63, 3.8) is 0 Å². The summed E-state index contributed by atoms with van der Waals surface area (Å²) in [6.07, 6.45) is -0.876. The smallest absolute Gasteiger partial charge is 0.302 e. The Kier molecular flexibility index (Phi) is 3.89. The van der Waals surface area contributed by atoms with Gasteiger partial charge in [-0.05, 0) is 12.5 Å². The lowest BCUT2D eigenvalue weighted by Gasteiger charge is -2.31. The minimum Gasteiger partial charge on any atom is -0.463 e. The zero-order chi connectivity index (χ0) is 15.1. The second-order valence-corrected chi connectivity index (χ2v) is 5.57. The molecule has 8 nitrogen and oxygen atoms in total. The molecule has 3 heterocycles. The molecule has 0 aromatic heterocycles. The van der Waals surface area contributed by atoms with E-state index in [0.29, 0.717) is 6.42 Å². The highest BCUT2D eigenvalue weighted by Crippen LogP contribution is 2.33. The quantitative estimate of drug-likeness (QED) is 0.443. The minimum absolute atomic E-state index is 0.00141. The third-order valence-corrected chi connectivity index (χ3v) is 3.88. The summed E-state index contributed by atoms with van der Waals surface area (Å²) in [6.45, 7) is 3.22. The topological polar surface area (TPSA) is 104 Å². The van der Waals surface area contributed by atoms with Gasteiger partial charge in [0.1, 0.15) is 31.3 Å². The summed E-state index contributed by atoms with van der Waals surface area (Å²) < 4.78 is 15.9. The van der Waals surface area contributed by atoms with Crippen LogP contribution in [0.3, 0.4) is 0 Å². The van der Waals surface area contributed by atoms with Crippen LogP contribution in [-0.4, -0.2) is 64.8 Å². The largest absolute Gasteiger partial charge is 0.463 e. The molecule has 3 N–H and O–H groups in total. The van der Waals surface area contributed by atoms with E-state index in [1.807, 2.05) is 6.92 Å². The summed E-state index contributed by atoms with van der Waals surface area (Å²) in [5.41, 5.74) is 0.977. The molecule has 8 heteroatoms. The van der Waals surface area contributed by atoms with Crippen molar-refractivity contribution in [3.05, 3.63) is 11.8 Å². The van der Waals surface area contributed by atoms with Crippen LogP contribution in [0.2, 0.25) is 0 Å². The predicted molar refractivity (Wildman–Crippen MR) is 69.3 cm³/mol. The zero-order valence-corrected chi connectivity index (χ0v) is 11.9. The third kappa shape index (κ3) is 3.04. The van der Waals surface area contributed by atoms with Gasteiger partial charge in [0.2, 0.25) is 0 Å². The molecule has 0 bridgehead atoms. The van der Waals surface area contributed by atoms with E-state index in [-0.39, 0.29) is 18.9 Å². The Hall–Kier alpha value is -1.19. The van der Waals surface area contributed by atoms with E-state index in [1.165, 1.54) is 6.92 Å². The molecule has 2 fully saturated rings. The highest BCUT2D eigenvalue weighted by atomic mass is 16.6. The van der Waals surface area contributed by atoms with Gasteiger partial charge in [-0.3, -0.25) is 4.79 Å². The number of epoxide rings is 1. The van der Waals surface area contributed by atoms with Gasteiger partial charge in [0.05, 0.1) is 6.10 Å². The Bertz CT molecular complexity index is 456. The number of carbonyl (C=O) groups is 1. The molecular formula is C13H20N2O6. The number of aliphatic hydroxyl groups is 2. The fourth-order valence-electron chi connectivity index (χ4n) is 2.69. The SMILES string of the molecule is CC(=O)OCC1OC(N2C=C(C)C3OC3NC2O)CC1O. The number of hydrogen-bond donors (Lipinski definition) is 3. The van der Waals surface area contributed by atoms with Gasteiger partial charge in [-0.2, -0.15) is 0 Å². The zero-order valence-electron chi connectivity index (χ0n) is 11.9. The number of aliphatic hydroxyl groups excluding tert-OH is 2. The van der Waals surface area contributed by atoms with E-state index < -0.39 is 30.8 Å². The lowest BCUT2D eigenvalue weighted by molar-refractivity contribution is -0.153. The molecule has 6 atom stereocenters. The van der Waals surface area contributed by atoms with E-state index in [9.17, 15) is 15.0 Å². The van der Waals surface area contributed by atoms with Crippen LogP contribution in [0.1, 0.15) is 20.3 Å². The minimum atomic E-state index is -0.956. The van der Waals surface area contributed by atoms with Gasteiger partial charge in [0, 0.05) is 19.5 Å². The maximum absolute atomic E-state index is 10.8. The molecule has 3 rings (SSSR count). The monoisotopic (exact) mass is 300 g/mol. The lowest BCUT2D eigenvalue weighted by Crippen LogP contribution is -2.48. The van der Waals surface area contributed by atoms with Crippen molar-refractivity contribution in [1.82, 2.24) is 10.2 Å². The van der Waals surface area contributed by atoms with E-state index >= 15 is 0 Å². The van der Waals surface area contributed by atoms with Gasteiger partial charge in [-0.1, -0.05) is 0 Å². The highest BCUT2D eigenvalue weighted by molar-refractivity contribution is 5.65. The van der Waals surface area contributed by atoms with Crippen molar-refractivity contribution in [3.8, 4) is 0 Å². The molecule has 0 aromatic carbocycles. The molecule has 0 aliphatic carbocycles. The third-order valence-electron chi connectivity index (χ3n) is 3.88. The maximum Gasteiger partial charge on any atom is 0.302 e. The molecule has 0 aromatic rings. The molecule has 118 valence electrons. The van der Waals surface area contributed by atoms with Gasteiger partial charge >= 0.3 is 5.97 Å². The van der Waals surface area contributed by atoms with Crippen molar-refractivity contribution in [2.45, 2.75) is 57.4 Å². The Morgan fingerprint density at radius 3 is 3.00 bits per heavy atom. The summed E-state index contributed by atoms with van der Waals surface area (Å²) in [6, 6.07) is 0. The van der Waals surface area contributed by atoms with Crippen molar-refractivity contribution in [2.75, 3.05) is 6.61 Å². The first-order valence-corrected chi connectivity index (χ1v) is 6.98. The van der Waals surface area contributed by atoms with Crippen molar-refractivity contribution in [2.24, 2.45) is 0 Å². The summed E-state index contributed by atoms with van der Waals surface area (Å²) in [4.78, 5) is 12.4. The summed E-state index contributed by atoms with van der Waals surface area (Å²) in [7, 11) is 0. The number of ether oxygens (including phenoxy) is 3. The molecule has 2 saturated heterocycles. The fraction of sp³-hybridized carbons (Fsp3) is 0.769. The predicted octanol–water partition coefficient (Wildman–Crippen LogP) is -1.16. The molecular weight excluding hydrogens is 280 g/mol. The lowest BCUT2D eigenvalue weighted by atomic mass is 10.2. The Balaban J connectivity index is 1.65. The summed E-state index contributed by atoms with van der Waals surface area (Å²) >= 11 is 0. The summed E-state index contributed by atoms with van der Waals surface area (Å²) in [5.74, 6) is -0.418. The average molecular weight is 300 g/mol. The van der Waals surface area contributed by atoms with Gasteiger partial charge < -0.3 is 29.3 Å². The van der Waals surface area contributed by atoms with Crippen molar-refractivity contribution in [1.29, 1.82) is 0 Å². The van der Waals surface area contributed by atoms with Gasteiger partial charge in [-0.25, -0.2) is 5.32 Å². The maximum atomic E-state index is 10.8. The van der Waals surface area contributed by atoms with E-state index in [4.69, 9.17) is 14.2 Å².